The Balaban J connectivity index is 2.49. The fourth-order valence-corrected chi connectivity index (χ4v) is 2.08. The Hall–Kier alpha value is -2.15. The molecule has 2 rings (SSSR count). The zero-order valence-electron chi connectivity index (χ0n) is 13.1. The smallest absolute Gasteiger partial charge is 0.341 e. The van der Waals surface area contributed by atoms with Crippen LogP contribution in [0, 0.1) is 0 Å². The molecule has 0 unspecified atom stereocenters. The third-order valence-corrected chi connectivity index (χ3v) is 3.26. The van der Waals surface area contributed by atoms with Crippen LogP contribution in [0.15, 0.2) is 17.1 Å². The summed E-state index contributed by atoms with van der Waals surface area (Å²) in [6, 6.07) is 1.10. The van der Waals surface area contributed by atoms with Crippen molar-refractivity contribution in [3.8, 4) is 0 Å². The van der Waals surface area contributed by atoms with E-state index in [4.69, 9.17) is 4.74 Å². The molecule has 7 nitrogen and oxygen atoms in total. The van der Waals surface area contributed by atoms with Crippen molar-refractivity contribution in [3.05, 3.63) is 33.7 Å². The van der Waals surface area contributed by atoms with Crippen molar-refractivity contribution in [2.75, 3.05) is 20.2 Å². The van der Waals surface area contributed by atoms with E-state index >= 15 is 0 Å². The summed E-state index contributed by atoms with van der Waals surface area (Å²) in [5, 5.41) is 3.05. The number of hydrogen-bond acceptors (Lipinski definition) is 6. The molecule has 7 heteroatoms. The van der Waals surface area contributed by atoms with Crippen LogP contribution < -0.4 is 10.9 Å². The molecule has 0 aromatic carbocycles. The molecule has 0 bridgehead atoms. The topological polar surface area (TPSA) is 86.6 Å². The largest absolute Gasteiger partial charge is 0.465 e. The second kappa shape index (κ2) is 5.92. The quantitative estimate of drug-likeness (QED) is 0.829. The van der Waals surface area contributed by atoms with E-state index < -0.39 is 17.5 Å². The van der Waals surface area contributed by atoms with Gasteiger partial charge in [0.15, 0.2) is 0 Å². The van der Waals surface area contributed by atoms with Crippen LogP contribution >= 0.6 is 0 Å². The van der Waals surface area contributed by atoms with Gasteiger partial charge in [-0.3, -0.25) is 4.79 Å². The molecule has 0 amide bonds. The van der Waals surface area contributed by atoms with Crippen molar-refractivity contribution in [1.29, 1.82) is 0 Å². The minimum absolute atomic E-state index is 0.0274. The third-order valence-electron chi connectivity index (χ3n) is 3.26. The standard InChI is InChI=1S/C15H20N2O5/c1-15(2,3)22-14(20)11-8-17(9-6-16-7-9)12(18)5-10(11)13(19)21-4/h5,8-9,16H,6-7H2,1-4H3. The predicted octanol–water partition coefficient (Wildman–Crippen LogP) is 0.734. The molecule has 2 heterocycles. The van der Waals surface area contributed by atoms with Crippen LogP contribution in [0.5, 0.6) is 0 Å². The number of nitrogens with one attached hydrogen (secondary N) is 1. The Kier molecular flexibility index (Phi) is 4.37. The summed E-state index contributed by atoms with van der Waals surface area (Å²) in [5.41, 5.74) is -1.10. The Morgan fingerprint density at radius 1 is 1.23 bits per heavy atom. The molecular weight excluding hydrogens is 288 g/mol. The van der Waals surface area contributed by atoms with Crippen LogP contribution in [0.1, 0.15) is 47.5 Å². The maximum atomic E-state index is 12.3. The summed E-state index contributed by atoms with van der Waals surface area (Å²) >= 11 is 0. The maximum absolute atomic E-state index is 12.3. The van der Waals surface area contributed by atoms with Gasteiger partial charge in [-0.15, -0.1) is 0 Å². The van der Waals surface area contributed by atoms with E-state index in [1.807, 2.05) is 0 Å². The number of carbonyl (C=O) groups excluding carboxylic acids is 2. The Labute approximate surface area is 128 Å². The number of methoxy groups -OCH3 is 1. The number of hydrogen-bond donors (Lipinski definition) is 1. The molecule has 1 aliphatic heterocycles. The van der Waals surface area contributed by atoms with Gasteiger partial charge in [-0.2, -0.15) is 0 Å². The van der Waals surface area contributed by atoms with Gasteiger partial charge in [-0.25, -0.2) is 9.59 Å². The summed E-state index contributed by atoms with van der Waals surface area (Å²) in [6.07, 6.45) is 1.38. The van der Waals surface area contributed by atoms with Gasteiger partial charge in [0.05, 0.1) is 24.3 Å². The lowest BCUT2D eigenvalue weighted by atomic mass is 10.1. The molecule has 1 aliphatic rings. The highest BCUT2D eigenvalue weighted by atomic mass is 16.6. The summed E-state index contributed by atoms with van der Waals surface area (Å²) in [7, 11) is 1.20. The van der Waals surface area contributed by atoms with Crippen LogP contribution in [0.25, 0.3) is 0 Å². The molecule has 0 saturated carbocycles. The Morgan fingerprint density at radius 3 is 2.32 bits per heavy atom. The highest BCUT2D eigenvalue weighted by Gasteiger charge is 2.27. The van der Waals surface area contributed by atoms with Crippen molar-refractivity contribution in [2.45, 2.75) is 32.4 Å². The van der Waals surface area contributed by atoms with Crippen molar-refractivity contribution >= 4 is 11.9 Å². The van der Waals surface area contributed by atoms with Gasteiger partial charge in [0.1, 0.15) is 5.60 Å². The Bertz CT molecular complexity index is 653. The fraction of sp³-hybridized carbons (Fsp3) is 0.533. The summed E-state index contributed by atoms with van der Waals surface area (Å²) in [4.78, 5) is 36.3. The molecule has 1 aromatic rings. The molecule has 120 valence electrons. The van der Waals surface area contributed by atoms with Crippen molar-refractivity contribution < 1.29 is 19.1 Å². The first-order chi connectivity index (χ1) is 10.2. The average molecular weight is 308 g/mol. The van der Waals surface area contributed by atoms with Gasteiger partial charge in [-0.05, 0) is 20.8 Å². The molecule has 0 radical (unpaired) electrons. The van der Waals surface area contributed by atoms with Crippen molar-refractivity contribution in [2.24, 2.45) is 0 Å². The van der Waals surface area contributed by atoms with E-state index in [0.717, 1.165) is 6.07 Å². The normalized spacial score (nSPS) is 15.1. The average Bonchev–Trinajstić information content (AvgIpc) is 2.35. The molecule has 1 aromatic heterocycles. The number of ether oxygens (including phenoxy) is 2. The van der Waals surface area contributed by atoms with E-state index in [9.17, 15) is 14.4 Å². The molecule has 0 aliphatic carbocycles. The van der Waals surface area contributed by atoms with Gasteiger partial charge in [0.2, 0.25) is 0 Å². The van der Waals surface area contributed by atoms with Crippen LogP contribution in [-0.2, 0) is 9.47 Å². The summed E-state index contributed by atoms with van der Waals surface area (Å²) < 4.78 is 11.4. The van der Waals surface area contributed by atoms with Crippen molar-refractivity contribution in [3.63, 3.8) is 0 Å². The van der Waals surface area contributed by atoms with Crippen LogP contribution in [0.3, 0.4) is 0 Å². The van der Waals surface area contributed by atoms with E-state index in [-0.39, 0.29) is 22.7 Å². The molecule has 0 spiro atoms. The predicted molar refractivity (Wildman–Crippen MR) is 79.1 cm³/mol. The lowest BCUT2D eigenvalue weighted by Crippen LogP contribution is -2.47. The maximum Gasteiger partial charge on any atom is 0.341 e. The number of aromatic nitrogens is 1. The highest BCUT2D eigenvalue weighted by Crippen LogP contribution is 2.18. The number of pyridine rings is 1. The first kappa shape index (κ1) is 16.2. The fourth-order valence-electron chi connectivity index (χ4n) is 2.08. The zero-order valence-corrected chi connectivity index (χ0v) is 13.1. The van der Waals surface area contributed by atoms with Gasteiger partial charge in [0, 0.05) is 25.4 Å². The lowest BCUT2D eigenvalue weighted by Gasteiger charge is -2.29. The first-order valence-electron chi connectivity index (χ1n) is 7.01. The first-order valence-corrected chi connectivity index (χ1v) is 7.01. The molecule has 1 N–H and O–H groups in total. The van der Waals surface area contributed by atoms with E-state index in [1.165, 1.54) is 17.9 Å². The lowest BCUT2D eigenvalue weighted by molar-refractivity contribution is 0.00638. The molecule has 1 fully saturated rings. The van der Waals surface area contributed by atoms with E-state index in [0.29, 0.717) is 13.1 Å². The number of nitrogens with zero attached hydrogens (tertiary/aromatic N) is 1. The van der Waals surface area contributed by atoms with Crippen LogP contribution in [-0.4, -0.2) is 42.3 Å². The second-order valence-electron chi connectivity index (χ2n) is 6.15. The molecular formula is C15H20N2O5. The minimum Gasteiger partial charge on any atom is -0.465 e. The minimum atomic E-state index is -0.739. The monoisotopic (exact) mass is 308 g/mol. The molecule has 22 heavy (non-hydrogen) atoms. The van der Waals surface area contributed by atoms with Crippen LogP contribution in [0.4, 0.5) is 0 Å². The highest BCUT2D eigenvalue weighted by molar-refractivity contribution is 6.02. The SMILES string of the molecule is COC(=O)c1cc(=O)n(C2CNC2)cc1C(=O)OC(C)(C)C. The van der Waals surface area contributed by atoms with Gasteiger partial charge < -0.3 is 19.4 Å². The third kappa shape index (κ3) is 3.36. The van der Waals surface area contributed by atoms with Crippen LogP contribution in [0.2, 0.25) is 0 Å². The second-order valence-corrected chi connectivity index (χ2v) is 6.15. The van der Waals surface area contributed by atoms with Gasteiger partial charge >= 0.3 is 11.9 Å². The van der Waals surface area contributed by atoms with Gasteiger partial charge in [0.25, 0.3) is 5.56 Å². The summed E-state index contributed by atoms with van der Waals surface area (Å²) in [5.74, 6) is -1.40. The number of rotatable bonds is 3. The molecule has 1 saturated heterocycles. The van der Waals surface area contributed by atoms with E-state index in [2.05, 4.69) is 10.1 Å². The van der Waals surface area contributed by atoms with E-state index in [1.54, 1.807) is 20.8 Å². The van der Waals surface area contributed by atoms with Crippen molar-refractivity contribution in [1.82, 2.24) is 9.88 Å². The summed E-state index contributed by atoms with van der Waals surface area (Å²) in [6.45, 7) is 6.48. The van der Waals surface area contributed by atoms with Gasteiger partial charge in [-0.1, -0.05) is 0 Å². The molecule has 0 atom stereocenters. The zero-order chi connectivity index (χ0) is 16.5. The number of esters is 2. The Morgan fingerprint density at radius 2 is 1.86 bits per heavy atom. The number of carbonyl (C=O) groups is 2.